The number of phenols is 1. The highest BCUT2D eigenvalue weighted by molar-refractivity contribution is 5.87. The van der Waals surface area contributed by atoms with E-state index in [4.69, 9.17) is 4.74 Å². The van der Waals surface area contributed by atoms with Crippen LogP contribution in [0.5, 0.6) is 5.75 Å². The maximum atomic E-state index is 10.8. The van der Waals surface area contributed by atoms with Crippen molar-refractivity contribution in [1.82, 2.24) is 0 Å². The van der Waals surface area contributed by atoms with Crippen LogP contribution >= 0.6 is 0 Å². The molecule has 0 radical (unpaired) electrons. The van der Waals surface area contributed by atoms with Crippen LogP contribution in [0.1, 0.15) is 71.1 Å². The van der Waals surface area contributed by atoms with Crippen LogP contribution in [0.15, 0.2) is 72.8 Å². The van der Waals surface area contributed by atoms with Gasteiger partial charge in [-0.1, -0.05) is 75.1 Å². The second-order valence-electron chi connectivity index (χ2n) is 8.86. The molecule has 0 unspecified atom stereocenters. The van der Waals surface area contributed by atoms with Gasteiger partial charge in [0, 0.05) is 5.57 Å². The van der Waals surface area contributed by atoms with Gasteiger partial charge in [0.2, 0.25) is 0 Å². The van der Waals surface area contributed by atoms with Gasteiger partial charge < -0.3 is 9.84 Å². The van der Waals surface area contributed by atoms with E-state index in [1.807, 2.05) is 32.9 Å². The van der Waals surface area contributed by atoms with Crippen LogP contribution < -0.4 is 0 Å². The summed E-state index contributed by atoms with van der Waals surface area (Å²) in [5, 5.41) is 9.29. The Balaban J connectivity index is 0.000000407. The Labute approximate surface area is 187 Å². The van der Waals surface area contributed by atoms with Crippen molar-refractivity contribution in [2.24, 2.45) is 0 Å². The van der Waals surface area contributed by atoms with Crippen LogP contribution in [0.3, 0.4) is 0 Å². The van der Waals surface area contributed by atoms with Gasteiger partial charge in [-0.3, -0.25) is 0 Å². The number of allylic oxidation sites excluding steroid dienone is 3. The van der Waals surface area contributed by atoms with Crippen LogP contribution in [0.4, 0.5) is 0 Å². The Kier molecular flexibility index (Phi) is 10.0. The standard InChI is InChI=1S/C20H22O.C8H14O2/c1-15(2)18-9-7-17(8-10-18)6-4-5-16(3)19-11-13-20(21)14-12-19;1-6(2)7(9)10-8(3,4)5/h4-15,21H,1-3H3;1H2,2-5H3. The summed E-state index contributed by atoms with van der Waals surface area (Å²) in [6.45, 7) is 17.1. The van der Waals surface area contributed by atoms with Crippen LogP contribution in [-0.4, -0.2) is 16.7 Å². The van der Waals surface area contributed by atoms with Crippen molar-refractivity contribution in [3.05, 3.63) is 89.5 Å². The molecule has 0 amide bonds. The van der Waals surface area contributed by atoms with Gasteiger partial charge >= 0.3 is 5.97 Å². The highest BCUT2D eigenvalue weighted by Crippen LogP contribution is 2.18. The normalized spacial score (nSPS) is 11.8. The quantitative estimate of drug-likeness (QED) is 0.309. The summed E-state index contributed by atoms with van der Waals surface area (Å²) in [6.07, 6.45) is 6.25. The molecule has 0 saturated carbocycles. The molecule has 0 spiro atoms. The van der Waals surface area contributed by atoms with Gasteiger partial charge in [-0.15, -0.1) is 0 Å². The van der Waals surface area contributed by atoms with E-state index < -0.39 is 5.60 Å². The number of benzene rings is 2. The van der Waals surface area contributed by atoms with E-state index in [-0.39, 0.29) is 5.97 Å². The summed E-state index contributed by atoms with van der Waals surface area (Å²) in [5.74, 6) is 0.541. The average Bonchev–Trinajstić information content (AvgIpc) is 2.68. The van der Waals surface area contributed by atoms with Gasteiger partial charge in [-0.05, 0) is 74.9 Å². The first kappa shape index (κ1) is 26.0. The van der Waals surface area contributed by atoms with E-state index in [1.165, 1.54) is 16.7 Å². The first-order valence-electron chi connectivity index (χ1n) is 10.5. The zero-order chi connectivity index (χ0) is 23.6. The number of rotatable bonds is 5. The fourth-order valence-corrected chi connectivity index (χ4v) is 2.48. The Morgan fingerprint density at radius 3 is 1.97 bits per heavy atom. The van der Waals surface area contributed by atoms with Gasteiger partial charge in [0.25, 0.3) is 0 Å². The fourth-order valence-electron chi connectivity index (χ4n) is 2.48. The third kappa shape index (κ3) is 10.5. The van der Waals surface area contributed by atoms with Crippen LogP contribution in [0.2, 0.25) is 0 Å². The average molecular weight is 421 g/mol. The molecule has 0 aromatic heterocycles. The molecule has 2 rings (SSSR count). The number of ether oxygens (including phenoxy) is 1. The lowest BCUT2D eigenvalue weighted by Gasteiger charge is -2.19. The van der Waals surface area contributed by atoms with Crippen molar-refractivity contribution in [1.29, 1.82) is 0 Å². The SMILES string of the molecule is C=C(C)C(=O)OC(C)(C)C.CC(=CC=Cc1ccc(C(C)C)cc1)c1ccc(O)cc1. The topological polar surface area (TPSA) is 46.5 Å². The van der Waals surface area contributed by atoms with Crippen molar-refractivity contribution < 1.29 is 14.6 Å². The Morgan fingerprint density at radius 1 is 1.00 bits per heavy atom. The molecule has 31 heavy (non-hydrogen) atoms. The largest absolute Gasteiger partial charge is 0.508 e. The summed E-state index contributed by atoms with van der Waals surface area (Å²) in [4.78, 5) is 10.8. The summed E-state index contributed by atoms with van der Waals surface area (Å²) >= 11 is 0. The maximum absolute atomic E-state index is 10.8. The molecule has 3 nitrogen and oxygen atoms in total. The number of carbonyl (C=O) groups excluding carboxylic acids is 1. The number of carbonyl (C=O) groups is 1. The summed E-state index contributed by atoms with van der Waals surface area (Å²) in [5.41, 5.74) is 4.89. The summed E-state index contributed by atoms with van der Waals surface area (Å²) in [6, 6.07) is 15.9. The van der Waals surface area contributed by atoms with Gasteiger partial charge in [0.05, 0.1) is 0 Å². The molecule has 0 fully saturated rings. The number of aromatic hydroxyl groups is 1. The molecular formula is C28H36O3. The molecule has 0 aliphatic rings. The molecule has 3 heteroatoms. The zero-order valence-corrected chi connectivity index (χ0v) is 19.9. The molecule has 166 valence electrons. The third-order valence-corrected chi connectivity index (χ3v) is 4.31. The fraction of sp³-hybridized carbons (Fsp3) is 0.321. The molecule has 0 saturated heterocycles. The molecule has 0 aliphatic heterocycles. The minimum atomic E-state index is -0.407. The smallest absolute Gasteiger partial charge is 0.333 e. The van der Waals surface area contributed by atoms with Crippen LogP contribution in [0, 0.1) is 0 Å². The lowest BCUT2D eigenvalue weighted by atomic mass is 10.0. The van der Waals surface area contributed by atoms with Crippen molar-refractivity contribution >= 4 is 17.6 Å². The van der Waals surface area contributed by atoms with Crippen molar-refractivity contribution in [2.75, 3.05) is 0 Å². The minimum Gasteiger partial charge on any atom is -0.508 e. The number of phenolic OH excluding ortho intramolecular Hbond substituents is 1. The highest BCUT2D eigenvalue weighted by atomic mass is 16.6. The van der Waals surface area contributed by atoms with Crippen LogP contribution in [0.25, 0.3) is 11.6 Å². The molecular weight excluding hydrogens is 384 g/mol. The number of hydrogen-bond donors (Lipinski definition) is 1. The number of hydrogen-bond acceptors (Lipinski definition) is 3. The van der Waals surface area contributed by atoms with Crippen molar-refractivity contribution in [3.63, 3.8) is 0 Å². The maximum Gasteiger partial charge on any atom is 0.333 e. The molecule has 1 N–H and O–H groups in total. The van der Waals surface area contributed by atoms with Crippen molar-refractivity contribution in [2.45, 2.75) is 60.0 Å². The van der Waals surface area contributed by atoms with E-state index in [9.17, 15) is 9.90 Å². The summed E-state index contributed by atoms with van der Waals surface area (Å²) in [7, 11) is 0. The second kappa shape index (κ2) is 11.9. The van der Waals surface area contributed by atoms with Crippen molar-refractivity contribution in [3.8, 4) is 5.75 Å². The summed E-state index contributed by atoms with van der Waals surface area (Å²) < 4.78 is 4.96. The predicted octanol–water partition coefficient (Wildman–Crippen LogP) is 7.54. The number of esters is 1. The molecule has 0 aliphatic carbocycles. The van der Waals surface area contributed by atoms with Gasteiger partial charge in [0.15, 0.2) is 0 Å². The van der Waals surface area contributed by atoms with E-state index in [2.05, 4.69) is 69.8 Å². The van der Waals surface area contributed by atoms with E-state index in [0.717, 1.165) is 5.56 Å². The predicted molar refractivity (Wildman–Crippen MR) is 132 cm³/mol. The molecule has 2 aromatic rings. The van der Waals surface area contributed by atoms with Gasteiger partial charge in [-0.25, -0.2) is 4.79 Å². The lowest BCUT2D eigenvalue weighted by Crippen LogP contribution is -2.23. The Morgan fingerprint density at radius 2 is 1.55 bits per heavy atom. The van der Waals surface area contributed by atoms with Crippen LogP contribution in [-0.2, 0) is 9.53 Å². The highest BCUT2D eigenvalue weighted by Gasteiger charge is 2.15. The Hall–Kier alpha value is -3.07. The lowest BCUT2D eigenvalue weighted by molar-refractivity contribution is -0.149. The molecule has 0 atom stereocenters. The zero-order valence-electron chi connectivity index (χ0n) is 19.9. The second-order valence-corrected chi connectivity index (χ2v) is 8.86. The molecule has 2 aromatic carbocycles. The minimum absolute atomic E-state index is 0.298. The van der Waals surface area contributed by atoms with E-state index >= 15 is 0 Å². The van der Waals surface area contributed by atoms with Gasteiger partial charge in [0.1, 0.15) is 11.4 Å². The monoisotopic (exact) mass is 420 g/mol. The van der Waals surface area contributed by atoms with Gasteiger partial charge in [-0.2, -0.15) is 0 Å². The Bertz CT molecular complexity index is 906. The third-order valence-electron chi connectivity index (χ3n) is 4.31. The molecule has 0 heterocycles. The van der Waals surface area contributed by atoms with E-state index in [1.54, 1.807) is 19.1 Å². The first-order chi connectivity index (χ1) is 14.4. The molecule has 0 bridgehead atoms. The van der Waals surface area contributed by atoms with E-state index in [0.29, 0.717) is 17.2 Å². The first-order valence-corrected chi connectivity index (χ1v) is 10.5.